The fourth-order valence-corrected chi connectivity index (χ4v) is 8.52. The monoisotopic (exact) mass is 619 g/mol. The minimum atomic E-state index is 1.17. The Bertz CT molecular complexity index is 3050. The molecule has 49 heavy (non-hydrogen) atoms. The summed E-state index contributed by atoms with van der Waals surface area (Å²) in [6, 6.07) is 65.1. The molecule has 0 N–H and O–H groups in total. The first-order valence-corrected chi connectivity index (χ1v) is 17.0. The molecule has 0 aliphatic heterocycles. The van der Waals surface area contributed by atoms with Crippen molar-refractivity contribution in [2.75, 3.05) is 0 Å². The summed E-state index contributed by atoms with van der Waals surface area (Å²) in [6.07, 6.45) is 0. The van der Waals surface area contributed by atoms with Crippen molar-refractivity contribution in [1.29, 1.82) is 0 Å². The van der Waals surface area contributed by atoms with Crippen LogP contribution >= 0.6 is 0 Å². The summed E-state index contributed by atoms with van der Waals surface area (Å²) in [5, 5.41) is 18.0. The van der Waals surface area contributed by atoms with Crippen LogP contribution in [-0.4, -0.2) is 4.57 Å². The van der Waals surface area contributed by atoms with E-state index in [4.69, 9.17) is 0 Å². The smallest absolute Gasteiger partial charge is 0.0619 e. The SMILES string of the molecule is c1cc(-c2ccc(-n3c4c5ccccc5ccc4c4ccc5ccccc5c43)cc2)c2cc3c4ccccc4c4ccccc4c3cc2c1. The normalized spacial score (nSPS) is 12.1. The van der Waals surface area contributed by atoms with Crippen molar-refractivity contribution >= 4 is 86.4 Å². The minimum Gasteiger partial charge on any atom is -0.308 e. The van der Waals surface area contributed by atoms with Gasteiger partial charge in [-0.3, -0.25) is 0 Å². The molecule has 1 heteroatoms. The Morgan fingerprint density at radius 3 is 1.31 bits per heavy atom. The van der Waals surface area contributed by atoms with E-state index in [1.807, 2.05) is 0 Å². The maximum absolute atomic E-state index is 2.49. The van der Waals surface area contributed by atoms with Gasteiger partial charge in [-0.25, -0.2) is 0 Å². The van der Waals surface area contributed by atoms with Crippen molar-refractivity contribution in [3.05, 3.63) is 176 Å². The molecule has 1 nitrogen and oxygen atoms in total. The molecule has 1 heterocycles. The van der Waals surface area contributed by atoms with Crippen LogP contribution in [0.25, 0.3) is 103 Å². The molecule has 0 aliphatic rings. The zero-order chi connectivity index (χ0) is 32.1. The second-order valence-corrected chi connectivity index (χ2v) is 13.3. The molecule has 0 atom stereocenters. The van der Waals surface area contributed by atoms with Crippen molar-refractivity contribution in [1.82, 2.24) is 4.57 Å². The first kappa shape index (κ1) is 26.6. The van der Waals surface area contributed by atoms with Crippen LogP contribution in [0, 0.1) is 0 Å². The summed E-state index contributed by atoms with van der Waals surface area (Å²) in [5.74, 6) is 0. The number of aromatic nitrogens is 1. The third-order valence-electron chi connectivity index (χ3n) is 10.7. The van der Waals surface area contributed by atoms with E-state index in [1.165, 1.54) is 103 Å². The fraction of sp³-hybridized carbons (Fsp3) is 0. The van der Waals surface area contributed by atoms with E-state index in [1.54, 1.807) is 0 Å². The highest BCUT2D eigenvalue weighted by Gasteiger charge is 2.18. The third kappa shape index (κ3) is 3.76. The Morgan fingerprint density at radius 1 is 0.265 bits per heavy atom. The van der Waals surface area contributed by atoms with E-state index in [0.29, 0.717) is 0 Å². The van der Waals surface area contributed by atoms with Crippen LogP contribution < -0.4 is 0 Å². The second kappa shape index (κ2) is 10.0. The number of benzene rings is 10. The molecule has 1 aromatic heterocycles. The zero-order valence-electron chi connectivity index (χ0n) is 26.7. The molecule has 11 rings (SSSR count). The lowest BCUT2D eigenvalue weighted by Crippen LogP contribution is -1.95. The number of fused-ring (bicyclic) bond motifs is 14. The molecule has 226 valence electrons. The Kier molecular flexibility index (Phi) is 5.45. The highest BCUT2D eigenvalue weighted by atomic mass is 15.0. The van der Waals surface area contributed by atoms with Crippen LogP contribution in [0.15, 0.2) is 176 Å². The van der Waals surface area contributed by atoms with Gasteiger partial charge in [0.15, 0.2) is 0 Å². The van der Waals surface area contributed by atoms with Gasteiger partial charge in [0.1, 0.15) is 0 Å². The fourth-order valence-electron chi connectivity index (χ4n) is 8.52. The van der Waals surface area contributed by atoms with Crippen LogP contribution in [-0.2, 0) is 0 Å². The van der Waals surface area contributed by atoms with Crippen molar-refractivity contribution in [2.24, 2.45) is 0 Å². The van der Waals surface area contributed by atoms with Crippen molar-refractivity contribution in [2.45, 2.75) is 0 Å². The van der Waals surface area contributed by atoms with E-state index in [9.17, 15) is 0 Å². The van der Waals surface area contributed by atoms with Gasteiger partial charge in [0.05, 0.1) is 11.0 Å². The first-order valence-electron chi connectivity index (χ1n) is 17.0. The highest BCUT2D eigenvalue weighted by molar-refractivity contribution is 6.28. The Morgan fingerprint density at radius 2 is 0.735 bits per heavy atom. The molecule has 0 unspecified atom stereocenters. The standard InChI is InChI=1S/C48H29N/c1-3-13-36-30(10-1)22-26-42-43-27-23-31-11-2-4-14-37(31)48(43)49(47(36)42)34-24-20-32(21-25-34)35-19-9-12-33-28-45-40-17-7-5-15-38(40)39-16-6-8-18-41(39)46(45)29-44(33)35/h1-29H. The van der Waals surface area contributed by atoms with Gasteiger partial charge in [-0.15, -0.1) is 0 Å². The van der Waals surface area contributed by atoms with Gasteiger partial charge in [0.2, 0.25) is 0 Å². The lowest BCUT2D eigenvalue weighted by atomic mass is 9.90. The van der Waals surface area contributed by atoms with Crippen LogP contribution in [0.5, 0.6) is 0 Å². The molecule has 10 aromatic carbocycles. The van der Waals surface area contributed by atoms with E-state index in [2.05, 4.69) is 180 Å². The van der Waals surface area contributed by atoms with Gasteiger partial charge < -0.3 is 4.57 Å². The van der Waals surface area contributed by atoms with Gasteiger partial charge in [0, 0.05) is 27.2 Å². The van der Waals surface area contributed by atoms with Gasteiger partial charge in [-0.05, 0) is 89.3 Å². The van der Waals surface area contributed by atoms with Crippen LogP contribution in [0.2, 0.25) is 0 Å². The van der Waals surface area contributed by atoms with E-state index < -0.39 is 0 Å². The number of hydrogen-bond acceptors (Lipinski definition) is 0. The molecule has 0 spiro atoms. The third-order valence-corrected chi connectivity index (χ3v) is 10.7. The average molecular weight is 620 g/mol. The topological polar surface area (TPSA) is 4.93 Å². The molecule has 0 saturated heterocycles. The van der Waals surface area contributed by atoms with Crippen LogP contribution in [0.3, 0.4) is 0 Å². The summed E-state index contributed by atoms with van der Waals surface area (Å²) in [6.45, 7) is 0. The molecule has 0 amide bonds. The Balaban J connectivity index is 1.16. The summed E-state index contributed by atoms with van der Waals surface area (Å²) in [4.78, 5) is 0. The predicted molar refractivity (Wildman–Crippen MR) is 211 cm³/mol. The summed E-state index contributed by atoms with van der Waals surface area (Å²) in [5.41, 5.74) is 6.15. The number of rotatable bonds is 2. The van der Waals surface area contributed by atoms with E-state index in [0.717, 1.165) is 0 Å². The van der Waals surface area contributed by atoms with Crippen molar-refractivity contribution in [3.8, 4) is 16.8 Å². The maximum Gasteiger partial charge on any atom is 0.0619 e. The van der Waals surface area contributed by atoms with Gasteiger partial charge >= 0.3 is 0 Å². The van der Waals surface area contributed by atoms with Crippen LogP contribution in [0.4, 0.5) is 0 Å². The van der Waals surface area contributed by atoms with Gasteiger partial charge in [-0.1, -0.05) is 152 Å². The molecule has 0 bridgehead atoms. The quantitative estimate of drug-likeness (QED) is 0.134. The molecular weight excluding hydrogens is 591 g/mol. The van der Waals surface area contributed by atoms with E-state index in [-0.39, 0.29) is 0 Å². The molecule has 0 saturated carbocycles. The lowest BCUT2D eigenvalue weighted by molar-refractivity contribution is 1.19. The number of hydrogen-bond donors (Lipinski definition) is 0. The molecular formula is C48H29N. The average Bonchev–Trinajstić information content (AvgIpc) is 3.53. The summed E-state index contributed by atoms with van der Waals surface area (Å²) in [7, 11) is 0. The van der Waals surface area contributed by atoms with Gasteiger partial charge in [-0.2, -0.15) is 0 Å². The molecule has 0 aliphatic carbocycles. The maximum atomic E-state index is 2.49. The molecule has 0 fully saturated rings. The zero-order valence-corrected chi connectivity index (χ0v) is 26.7. The predicted octanol–water partition coefficient (Wildman–Crippen LogP) is 13.4. The molecule has 0 radical (unpaired) electrons. The Labute approximate surface area is 282 Å². The van der Waals surface area contributed by atoms with Crippen LogP contribution in [0.1, 0.15) is 0 Å². The largest absolute Gasteiger partial charge is 0.308 e. The Hall–Kier alpha value is -6.44. The minimum absolute atomic E-state index is 1.17. The summed E-state index contributed by atoms with van der Waals surface area (Å²) >= 11 is 0. The second-order valence-electron chi connectivity index (χ2n) is 13.3. The summed E-state index contributed by atoms with van der Waals surface area (Å²) < 4.78 is 2.49. The van der Waals surface area contributed by atoms with Crippen molar-refractivity contribution < 1.29 is 0 Å². The van der Waals surface area contributed by atoms with E-state index >= 15 is 0 Å². The van der Waals surface area contributed by atoms with Crippen molar-refractivity contribution in [3.63, 3.8) is 0 Å². The molecule has 11 aromatic rings. The number of nitrogens with zero attached hydrogens (tertiary/aromatic N) is 1. The van der Waals surface area contributed by atoms with Gasteiger partial charge in [0.25, 0.3) is 0 Å². The first-order chi connectivity index (χ1) is 24.3. The highest BCUT2D eigenvalue weighted by Crippen LogP contribution is 2.42. The lowest BCUT2D eigenvalue weighted by Gasteiger charge is -2.15.